The Balaban J connectivity index is 0. The van der Waals surface area contributed by atoms with Crippen molar-refractivity contribution in [3.05, 3.63) is 94.6 Å². The van der Waals surface area contributed by atoms with Gasteiger partial charge in [0.1, 0.15) is 0 Å². The van der Waals surface area contributed by atoms with Gasteiger partial charge in [-0.05, 0) is 22.0 Å². The Kier molecular flexibility index (Phi) is 12.3. The van der Waals surface area contributed by atoms with Crippen molar-refractivity contribution >= 4 is 0 Å². The van der Waals surface area contributed by atoms with Crippen LogP contribution in [0.3, 0.4) is 0 Å². The van der Waals surface area contributed by atoms with Crippen molar-refractivity contribution in [3.8, 4) is 0 Å². The van der Waals surface area contributed by atoms with Crippen LogP contribution in [0.15, 0.2) is 77.4 Å². The van der Waals surface area contributed by atoms with E-state index in [9.17, 15) is 0 Å². The Bertz CT molecular complexity index is 748. The quantitative estimate of drug-likeness (QED) is 0.345. The van der Waals surface area contributed by atoms with Crippen LogP contribution in [0, 0.1) is 11.5 Å². The second-order valence-corrected chi connectivity index (χ2v) is 7.92. The summed E-state index contributed by atoms with van der Waals surface area (Å²) in [6, 6.07) is 22.0. The molecule has 1 aliphatic carbocycles. The van der Waals surface area contributed by atoms with E-state index in [0.717, 1.165) is 6.42 Å². The summed E-state index contributed by atoms with van der Waals surface area (Å²) in [5.74, 6) is 0. The molecular formula is C24H27Cl3Ti. The van der Waals surface area contributed by atoms with E-state index in [0.29, 0.717) is 0 Å². The first-order valence-corrected chi connectivity index (χ1v) is 8.78. The molecule has 148 valence electrons. The number of allylic oxidation sites excluding steroid dienone is 4. The smallest absolute Gasteiger partial charge is 1.00 e. The third kappa shape index (κ3) is 5.16. The zero-order valence-electron chi connectivity index (χ0n) is 17.1. The fraction of sp³-hybridized carbons (Fsp3) is 0.333. The second-order valence-electron chi connectivity index (χ2n) is 7.92. The summed E-state index contributed by atoms with van der Waals surface area (Å²) < 4.78 is 0. The van der Waals surface area contributed by atoms with Crippen molar-refractivity contribution < 1.29 is 58.9 Å². The molecule has 0 spiro atoms. The molecule has 0 atom stereocenters. The van der Waals surface area contributed by atoms with Crippen molar-refractivity contribution in [2.75, 3.05) is 0 Å². The van der Waals surface area contributed by atoms with Crippen LogP contribution in [0.4, 0.5) is 0 Å². The molecule has 0 aromatic heterocycles. The summed E-state index contributed by atoms with van der Waals surface area (Å²) in [6.07, 6.45) is 4.59. The minimum Gasteiger partial charge on any atom is -1.00 e. The maximum atomic E-state index is 3.58. The van der Waals surface area contributed by atoms with Gasteiger partial charge < -0.3 is 37.2 Å². The molecule has 2 aromatic carbocycles. The Labute approximate surface area is 204 Å². The Morgan fingerprint density at radius 3 is 1.39 bits per heavy atom. The topological polar surface area (TPSA) is 0 Å². The van der Waals surface area contributed by atoms with Crippen LogP contribution in [0.5, 0.6) is 0 Å². The van der Waals surface area contributed by atoms with Crippen LogP contribution in [0.2, 0.25) is 0 Å². The van der Waals surface area contributed by atoms with Gasteiger partial charge in [0, 0.05) is 0 Å². The molecule has 0 saturated carbocycles. The van der Waals surface area contributed by atoms with Crippen molar-refractivity contribution in [2.45, 2.75) is 46.5 Å². The molecule has 28 heavy (non-hydrogen) atoms. The molecule has 0 amide bonds. The van der Waals surface area contributed by atoms with Gasteiger partial charge in [0.25, 0.3) is 0 Å². The standard InChI is InChI=1S/C24H27.3ClH.Ti/c1-18-16-19(2)22(17-18)24(23(3,4)5,20-12-8-6-9-13-20)21-14-10-7-11-15-21;;;;/h6-15H,17H2,1-5H3;3*1H;/q-1;;;;+4/p-3. The average molecular weight is 470 g/mol. The van der Waals surface area contributed by atoms with Crippen LogP contribution in [-0.4, -0.2) is 0 Å². The molecule has 0 radical (unpaired) electrons. The molecule has 0 heterocycles. The first-order chi connectivity index (χ1) is 11.4. The molecule has 0 unspecified atom stereocenters. The third-order valence-corrected chi connectivity index (χ3v) is 5.29. The summed E-state index contributed by atoms with van der Waals surface area (Å²) >= 11 is 0. The van der Waals surface area contributed by atoms with Crippen LogP contribution < -0.4 is 37.2 Å². The maximum Gasteiger partial charge on any atom is 4.00 e. The van der Waals surface area contributed by atoms with E-state index in [1.54, 1.807) is 0 Å². The number of halogens is 3. The Morgan fingerprint density at radius 2 is 1.11 bits per heavy atom. The molecule has 0 aliphatic heterocycles. The predicted molar refractivity (Wildman–Crippen MR) is 103 cm³/mol. The molecule has 0 N–H and O–H groups in total. The molecule has 4 heteroatoms. The van der Waals surface area contributed by atoms with Gasteiger partial charge in [-0.3, -0.25) is 0 Å². The van der Waals surface area contributed by atoms with Crippen LogP contribution >= 0.6 is 0 Å². The van der Waals surface area contributed by atoms with E-state index >= 15 is 0 Å². The maximum absolute atomic E-state index is 3.58. The minimum atomic E-state index is -0.148. The van der Waals surface area contributed by atoms with E-state index in [2.05, 4.69) is 101 Å². The van der Waals surface area contributed by atoms with Gasteiger partial charge in [0.2, 0.25) is 0 Å². The summed E-state index contributed by atoms with van der Waals surface area (Å²) in [6.45, 7) is 11.5. The molecule has 3 rings (SSSR count). The monoisotopic (exact) mass is 468 g/mol. The molecule has 0 fully saturated rings. The molecule has 0 nitrogen and oxygen atoms in total. The fourth-order valence-corrected chi connectivity index (χ4v) is 4.46. The van der Waals surface area contributed by atoms with E-state index < -0.39 is 0 Å². The number of hydrogen-bond donors (Lipinski definition) is 0. The Morgan fingerprint density at radius 1 is 0.714 bits per heavy atom. The van der Waals surface area contributed by atoms with E-state index in [1.165, 1.54) is 27.8 Å². The van der Waals surface area contributed by atoms with Crippen molar-refractivity contribution in [3.63, 3.8) is 0 Å². The normalized spacial score (nSPS) is 13.4. The molecule has 2 aromatic rings. The molecule has 1 aliphatic rings. The number of hydrogen-bond acceptors (Lipinski definition) is 0. The minimum absolute atomic E-state index is 0. The van der Waals surface area contributed by atoms with E-state index in [1.807, 2.05) is 0 Å². The SMILES string of the molecule is CC1=[C-]C(C)=C(C(c2ccccc2)(c2ccccc2)C(C)(C)C)C1.[Cl-].[Cl-].[Cl-].[Ti+4]. The first kappa shape index (κ1) is 29.7. The van der Waals surface area contributed by atoms with Crippen molar-refractivity contribution in [1.82, 2.24) is 0 Å². The summed E-state index contributed by atoms with van der Waals surface area (Å²) in [7, 11) is 0. The molecular weight excluding hydrogens is 442 g/mol. The molecule has 0 saturated heterocycles. The zero-order valence-corrected chi connectivity index (χ0v) is 20.9. The van der Waals surface area contributed by atoms with E-state index in [-0.39, 0.29) is 69.8 Å². The van der Waals surface area contributed by atoms with Gasteiger partial charge in [0.05, 0.1) is 0 Å². The zero-order chi connectivity index (χ0) is 17.4. The van der Waals surface area contributed by atoms with Crippen LogP contribution in [-0.2, 0) is 27.1 Å². The summed E-state index contributed by atoms with van der Waals surface area (Å²) in [5, 5.41) is 0. The van der Waals surface area contributed by atoms with E-state index in [4.69, 9.17) is 0 Å². The number of benzene rings is 2. The summed E-state index contributed by atoms with van der Waals surface area (Å²) in [4.78, 5) is 0. The predicted octanol–water partition coefficient (Wildman–Crippen LogP) is -2.50. The third-order valence-electron chi connectivity index (χ3n) is 5.29. The Hall–Kier alpha value is -0.496. The molecule has 0 bridgehead atoms. The van der Waals surface area contributed by atoms with Crippen molar-refractivity contribution in [1.29, 1.82) is 0 Å². The van der Waals surface area contributed by atoms with Gasteiger partial charge >= 0.3 is 21.7 Å². The number of rotatable bonds is 3. The summed E-state index contributed by atoms with van der Waals surface area (Å²) in [5.41, 5.74) is 6.76. The van der Waals surface area contributed by atoms with Gasteiger partial charge in [-0.2, -0.15) is 11.1 Å². The average Bonchev–Trinajstić information content (AvgIpc) is 2.88. The first-order valence-electron chi connectivity index (χ1n) is 8.78. The van der Waals surface area contributed by atoms with Gasteiger partial charge in [-0.15, -0.1) is 0 Å². The second kappa shape index (κ2) is 11.6. The largest absolute Gasteiger partial charge is 4.00 e. The van der Waals surface area contributed by atoms with Crippen molar-refractivity contribution in [2.24, 2.45) is 5.41 Å². The van der Waals surface area contributed by atoms with Gasteiger partial charge in [-0.25, -0.2) is 11.6 Å². The van der Waals surface area contributed by atoms with Gasteiger partial charge in [0.15, 0.2) is 0 Å². The fourth-order valence-electron chi connectivity index (χ4n) is 4.46. The van der Waals surface area contributed by atoms with Crippen LogP contribution in [0.1, 0.15) is 52.2 Å². The van der Waals surface area contributed by atoms with Gasteiger partial charge in [-0.1, -0.05) is 102 Å². The van der Waals surface area contributed by atoms with Crippen LogP contribution in [0.25, 0.3) is 0 Å².